The van der Waals surface area contributed by atoms with Gasteiger partial charge in [0.2, 0.25) is 0 Å². The second-order valence-corrected chi connectivity index (χ2v) is 7.79. The van der Waals surface area contributed by atoms with Crippen molar-refractivity contribution in [2.24, 2.45) is 5.73 Å². The van der Waals surface area contributed by atoms with Crippen LogP contribution in [0.5, 0.6) is 0 Å². The second-order valence-electron chi connectivity index (χ2n) is 4.63. The van der Waals surface area contributed by atoms with Crippen molar-refractivity contribution in [1.29, 1.82) is 0 Å². The summed E-state index contributed by atoms with van der Waals surface area (Å²) in [5.41, 5.74) is 7.96. The third kappa shape index (κ3) is 3.05. The minimum Gasteiger partial charge on any atom is -0.369 e. The molecule has 0 aromatic heterocycles. The van der Waals surface area contributed by atoms with Crippen LogP contribution in [0.15, 0.2) is 22.7 Å². The molecule has 1 aromatic carbocycles. The van der Waals surface area contributed by atoms with Crippen LogP contribution in [-0.4, -0.2) is 33.0 Å². The number of halogens is 1. The molecule has 2 rings (SSSR count). The van der Waals surface area contributed by atoms with Crippen molar-refractivity contribution in [2.45, 2.75) is 13.0 Å². The van der Waals surface area contributed by atoms with Crippen molar-refractivity contribution in [3.05, 3.63) is 28.2 Å². The van der Waals surface area contributed by atoms with Crippen molar-refractivity contribution in [1.82, 2.24) is 0 Å². The fourth-order valence-electron chi connectivity index (χ4n) is 2.05. The quantitative estimate of drug-likeness (QED) is 0.895. The Bertz CT molecular complexity index is 529. The van der Waals surface area contributed by atoms with E-state index >= 15 is 0 Å². The van der Waals surface area contributed by atoms with Crippen molar-refractivity contribution in [3.63, 3.8) is 0 Å². The molecule has 6 heteroatoms. The van der Waals surface area contributed by atoms with Crippen LogP contribution in [0, 0.1) is 0 Å². The molecule has 0 saturated carbocycles. The standard InChI is InChI=1S/C12H17BrN2O2S/c1-9(14)11-3-2-10(8-12(11)13)15-4-6-18(16,17)7-5-15/h2-3,8-9H,4-7,14H2,1H3/t9-/m0/s1. The maximum Gasteiger partial charge on any atom is 0.153 e. The van der Waals surface area contributed by atoms with E-state index in [0.29, 0.717) is 13.1 Å². The molecule has 0 bridgehead atoms. The molecular formula is C12H17BrN2O2S. The van der Waals surface area contributed by atoms with Crippen LogP contribution in [0.1, 0.15) is 18.5 Å². The zero-order valence-electron chi connectivity index (χ0n) is 10.3. The van der Waals surface area contributed by atoms with Crippen LogP contribution in [0.4, 0.5) is 5.69 Å². The maximum absolute atomic E-state index is 11.4. The van der Waals surface area contributed by atoms with E-state index in [1.54, 1.807) is 0 Å². The molecule has 1 fully saturated rings. The lowest BCUT2D eigenvalue weighted by Crippen LogP contribution is -2.40. The van der Waals surface area contributed by atoms with Crippen molar-refractivity contribution in [3.8, 4) is 0 Å². The summed E-state index contributed by atoms with van der Waals surface area (Å²) in [4.78, 5) is 2.09. The smallest absolute Gasteiger partial charge is 0.153 e. The first-order chi connectivity index (χ1) is 8.39. The predicted molar refractivity (Wildman–Crippen MR) is 77.6 cm³/mol. The van der Waals surface area contributed by atoms with Gasteiger partial charge in [-0.15, -0.1) is 0 Å². The van der Waals surface area contributed by atoms with Gasteiger partial charge in [-0.25, -0.2) is 8.42 Å². The van der Waals surface area contributed by atoms with E-state index in [1.807, 2.05) is 25.1 Å². The van der Waals surface area contributed by atoms with Crippen LogP contribution in [-0.2, 0) is 9.84 Å². The highest BCUT2D eigenvalue weighted by atomic mass is 79.9. The molecule has 0 spiro atoms. The Hall–Kier alpha value is -0.590. The van der Waals surface area contributed by atoms with Crippen molar-refractivity contribution in [2.75, 3.05) is 29.5 Å². The summed E-state index contributed by atoms with van der Waals surface area (Å²) in [5.74, 6) is 0.472. The summed E-state index contributed by atoms with van der Waals surface area (Å²) >= 11 is 3.51. The molecule has 0 amide bonds. The first-order valence-electron chi connectivity index (χ1n) is 5.89. The molecule has 18 heavy (non-hydrogen) atoms. The number of rotatable bonds is 2. The Kier molecular flexibility index (Phi) is 3.99. The highest BCUT2D eigenvalue weighted by molar-refractivity contribution is 9.10. The molecule has 1 heterocycles. The first-order valence-corrected chi connectivity index (χ1v) is 8.51. The molecule has 0 aliphatic carbocycles. The van der Waals surface area contributed by atoms with Crippen LogP contribution in [0.3, 0.4) is 0 Å². The summed E-state index contributed by atoms with van der Waals surface area (Å²) in [6.07, 6.45) is 0. The number of nitrogens with zero attached hydrogens (tertiary/aromatic N) is 1. The predicted octanol–water partition coefficient (Wildman–Crippen LogP) is 1.70. The van der Waals surface area contributed by atoms with Gasteiger partial charge in [-0.3, -0.25) is 0 Å². The highest BCUT2D eigenvalue weighted by Crippen LogP contribution is 2.28. The minimum absolute atomic E-state index is 0.0184. The van der Waals surface area contributed by atoms with Gasteiger partial charge in [0.25, 0.3) is 0 Å². The number of hydrogen-bond donors (Lipinski definition) is 1. The zero-order valence-corrected chi connectivity index (χ0v) is 12.7. The normalized spacial score (nSPS) is 20.7. The van der Waals surface area contributed by atoms with E-state index < -0.39 is 9.84 Å². The van der Waals surface area contributed by atoms with Crippen molar-refractivity contribution < 1.29 is 8.42 Å². The minimum atomic E-state index is -2.83. The highest BCUT2D eigenvalue weighted by Gasteiger charge is 2.22. The van der Waals surface area contributed by atoms with Gasteiger partial charge in [-0.1, -0.05) is 22.0 Å². The van der Waals surface area contributed by atoms with Gasteiger partial charge < -0.3 is 10.6 Å². The Morgan fingerprint density at radius 3 is 2.44 bits per heavy atom. The lowest BCUT2D eigenvalue weighted by atomic mass is 10.1. The molecule has 1 atom stereocenters. The van der Waals surface area contributed by atoms with E-state index in [-0.39, 0.29) is 17.5 Å². The fourth-order valence-corrected chi connectivity index (χ4v) is 3.98. The third-order valence-corrected chi connectivity index (χ3v) is 5.48. The van der Waals surface area contributed by atoms with E-state index in [9.17, 15) is 8.42 Å². The van der Waals surface area contributed by atoms with E-state index in [1.165, 1.54) is 0 Å². The van der Waals surface area contributed by atoms with Crippen LogP contribution in [0.25, 0.3) is 0 Å². The lowest BCUT2D eigenvalue weighted by Gasteiger charge is -2.29. The fraction of sp³-hybridized carbons (Fsp3) is 0.500. The summed E-state index contributed by atoms with van der Waals surface area (Å²) in [7, 11) is -2.83. The first kappa shape index (κ1) is 13.8. The average Bonchev–Trinajstić information content (AvgIpc) is 2.28. The monoisotopic (exact) mass is 332 g/mol. The molecule has 0 radical (unpaired) electrons. The molecule has 1 aliphatic heterocycles. The molecular weight excluding hydrogens is 316 g/mol. The maximum atomic E-state index is 11.4. The number of nitrogens with two attached hydrogens (primary N) is 1. The van der Waals surface area contributed by atoms with Crippen LogP contribution >= 0.6 is 15.9 Å². The third-order valence-electron chi connectivity index (χ3n) is 3.18. The van der Waals surface area contributed by atoms with Crippen LogP contribution in [0.2, 0.25) is 0 Å². The zero-order chi connectivity index (χ0) is 13.3. The molecule has 4 nitrogen and oxygen atoms in total. The van der Waals surface area contributed by atoms with E-state index in [4.69, 9.17) is 5.73 Å². The Morgan fingerprint density at radius 2 is 1.94 bits per heavy atom. The van der Waals surface area contributed by atoms with Crippen molar-refractivity contribution >= 4 is 31.5 Å². The number of hydrogen-bond acceptors (Lipinski definition) is 4. The van der Waals surface area contributed by atoms with Gasteiger partial charge in [0, 0.05) is 29.3 Å². The Labute approximate surface area is 116 Å². The number of anilines is 1. The topological polar surface area (TPSA) is 63.4 Å². The summed E-state index contributed by atoms with van der Waals surface area (Å²) in [6.45, 7) is 3.06. The molecule has 2 N–H and O–H groups in total. The van der Waals surface area contributed by atoms with Gasteiger partial charge >= 0.3 is 0 Å². The average molecular weight is 333 g/mol. The van der Waals surface area contributed by atoms with E-state index in [2.05, 4.69) is 20.8 Å². The summed E-state index contributed by atoms with van der Waals surface area (Å²) < 4.78 is 23.7. The number of sulfone groups is 1. The Morgan fingerprint density at radius 1 is 1.33 bits per heavy atom. The SMILES string of the molecule is C[C@H](N)c1ccc(N2CCS(=O)(=O)CC2)cc1Br. The van der Waals surface area contributed by atoms with Gasteiger partial charge in [0.1, 0.15) is 0 Å². The lowest BCUT2D eigenvalue weighted by molar-refractivity contribution is 0.587. The van der Waals surface area contributed by atoms with Gasteiger partial charge in [0.05, 0.1) is 11.5 Å². The van der Waals surface area contributed by atoms with Gasteiger partial charge in [0.15, 0.2) is 9.84 Å². The number of benzene rings is 1. The molecule has 1 aliphatic rings. The van der Waals surface area contributed by atoms with Gasteiger partial charge in [-0.2, -0.15) is 0 Å². The second kappa shape index (κ2) is 5.19. The molecule has 0 unspecified atom stereocenters. The molecule has 1 saturated heterocycles. The summed E-state index contributed by atoms with van der Waals surface area (Å²) in [5, 5.41) is 0. The van der Waals surface area contributed by atoms with Gasteiger partial charge in [-0.05, 0) is 24.6 Å². The van der Waals surface area contributed by atoms with Crippen LogP contribution < -0.4 is 10.6 Å². The Balaban J connectivity index is 2.18. The van der Waals surface area contributed by atoms with E-state index in [0.717, 1.165) is 15.7 Å². The largest absolute Gasteiger partial charge is 0.369 e. The molecule has 100 valence electrons. The summed E-state index contributed by atoms with van der Waals surface area (Å²) in [6, 6.07) is 5.99. The molecule has 1 aromatic rings.